The molecule has 3 rings (SSSR count). The van der Waals surface area contributed by atoms with Crippen LogP contribution in [0, 0.1) is 0 Å². The van der Waals surface area contributed by atoms with Crippen LogP contribution in [0.5, 0.6) is 11.5 Å². The van der Waals surface area contributed by atoms with Gasteiger partial charge in [-0.25, -0.2) is 4.79 Å². The fourth-order valence-electron chi connectivity index (χ4n) is 3.63. The smallest absolute Gasteiger partial charge is 0.418 e. The summed E-state index contributed by atoms with van der Waals surface area (Å²) in [5.74, 6) is 0.832. The molecule has 1 aliphatic heterocycles. The number of hydrogen-bond donors (Lipinski definition) is 0. The van der Waals surface area contributed by atoms with Crippen molar-refractivity contribution in [2.45, 2.75) is 12.6 Å². The summed E-state index contributed by atoms with van der Waals surface area (Å²) in [5, 5.41) is 0. The van der Waals surface area contributed by atoms with Crippen LogP contribution in [0.25, 0.3) is 0 Å². The Labute approximate surface area is 186 Å². The molecule has 0 aliphatic carbocycles. The summed E-state index contributed by atoms with van der Waals surface area (Å²) in [6, 6.07) is 11.2. The first-order valence-electron chi connectivity index (χ1n) is 10.4. The van der Waals surface area contributed by atoms with Crippen LogP contribution in [0.4, 0.5) is 23.7 Å². The molecule has 0 atom stereocenters. The van der Waals surface area contributed by atoms with E-state index in [9.17, 15) is 18.0 Å². The number of nitrogens with zero attached hydrogens (tertiary/aromatic N) is 3. The number of hydrogen-bond acceptors (Lipinski definition) is 5. The number of halogens is 3. The summed E-state index contributed by atoms with van der Waals surface area (Å²) in [7, 11) is 4.72. The molecule has 32 heavy (non-hydrogen) atoms. The maximum absolute atomic E-state index is 13.3. The summed E-state index contributed by atoms with van der Waals surface area (Å²) < 4.78 is 50.6. The molecule has 2 aromatic carbocycles. The van der Waals surface area contributed by atoms with Gasteiger partial charge in [-0.15, -0.1) is 0 Å². The van der Waals surface area contributed by atoms with Crippen molar-refractivity contribution in [2.75, 3.05) is 58.8 Å². The summed E-state index contributed by atoms with van der Waals surface area (Å²) in [4.78, 5) is 17.1. The monoisotopic (exact) mass is 451 g/mol. The van der Waals surface area contributed by atoms with Crippen molar-refractivity contribution in [3.05, 3.63) is 53.6 Å². The van der Waals surface area contributed by atoms with Gasteiger partial charge in [0.15, 0.2) is 11.5 Å². The standard InChI is InChI=1S/C23H28F3N3O3/c1-27(2)22(30)32-20-9-8-17(16-21(20)31-3)10-11-28-12-14-29(15-13-28)19-7-5-4-6-18(19)23(24,25)26/h4-9,16H,10-15H2,1-3H3. The molecule has 1 heterocycles. The number of para-hydroxylation sites is 1. The number of carbonyl (C=O) groups excluding carboxylic acids is 1. The van der Waals surface area contributed by atoms with Gasteiger partial charge in [0.1, 0.15) is 0 Å². The molecule has 0 radical (unpaired) electrons. The van der Waals surface area contributed by atoms with Crippen molar-refractivity contribution in [1.82, 2.24) is 9.80 Å². The SMILES string of the molecule is COc1cc(CCN2CCN(c3ccccc3C(F)(F)F)CC2)ccc1OC(=O)N(C)C. The molecule has 1 fully saturated rings. The second-order valence-corrected chi connectivity index (χ2v) is 7.84. The average molecular weight is 451 g/mol. The lowest BCUT2D eigenvalue weighted by Gasteiger charge is -2.37. The van der Waals surface area contributed by atoms with Crippen LogP contribution in [0.2, 0.25) is 0 Å². The van der Waals surface area contributed by atoms with Crippen LogP contribution in [0.15, 0.2) is 42.5 Å². The molecule has 0 saturated carbocycles. The molecule has 1 aliphatic rings. The van der Waals surface area contributed by atoms with Crippen molar-refractivity contribution in [3.63, 3.8) is 0 Å². The van der Waals surface area contributed by atoms with E-state index >= 15 is 0 Å². The Bertz CT molecular complexity index is 926. The minimum Gasteiger partial charge on any atom is -0.493 e. The molecule has 9 heteroatoms. The lowest BCUT2D eigenvalue weighted by atomic mass is 10.1. The molecule has 0 spiro atoms. The largest absolute Gasteiger partial charge is 0.493 e. The maximum Gasteiger partial charge on any atom is 0.418 e. The first kappa shape index (κ1) is 23.7. The molecule has 2 aromatic rings. The Morgan fingerprint density at radius 2 is 1.72 bits per heavy atom. The van der Waals surface area contributed by atoms with Crippen molar-refractivity contribution < 1.29 is 27.4 Å². The Hall–Kier alpha value is -2.94. The second kappa shape index (κ2) is 10.1. The maximum atomic E-state index is 13.3. The average Bonchev–Trinajstić information content (AvgIpc) is 2.78. The summed E-state index contributed by atoms with van der Waals surface area (Å²) in [6.07, 6.45) is -4.10. The van der Waals surface area contributed by atoms with Gasteiger partial charge in [0.05, 0.1) is 12.7 Å². The van der Waals surface area contributed by atoms with E-state index in [2.05, 4.69) is 4.90 Å². The minimum absolute atomic E-state index is 0.243. The summed E-state index contributed by atoms with van der Waals surface area (Å²) in [6.45, 7) is 3.21. The molecular formula is C23H28F3N3O3. The zero-order chi connectivity index (χ0) is 23.3. The number of ether oxygens (including phenoxy) is 2. The van der Waals surface area contributed by atoms with Gasteiger partial charge in [-0.3, -0.25) is 4.90 Å². The highest BCUT2D eigenvalue weighted by molar-refractivity contribution is 5.71. The summed E-state index contributed by atoms with van der Waals surface area (Å²) >= 11 is 0. The number of rotatable bonds is 6. The van der Waals surface area contributed by atoms with Crippen LogP contribution in [0.1, 0.15) is 11.1 Å². The first-order chi connectivity index (χ1) is 15.2. The molecule has 1 saturated heterocycles. The molecule has 0 aromatic heterocycles. The van der Waals surface area contributed by atoms with Crippen LogP contribution in [0.3, 0.4) is 0 Å². The molecular weight excluding hydrogens is 423 g/mol. The van der Waals surface area contributed by atoms with Gasteiger partial charge in [0.2, 0.25) is 0 Å². The lowest BCUT2D eigenvalue weighted by Crippen LogP contribution is -2.47. The number of alkyl halides is 3. The van der Waals surface area contributed by atoms with Crippen LogP contribution < -0.4 is 14.4 Å². The normalized spacial score (nSPS) is 14.9. The highest BCUT2D eigenvalue weighted by Crippen LogP contribution is 2.36. The molecule has 0 N–H and O–H groups in total. The van der Waals surface area contributed by atoms with E-state index in [0.29, 0.717) is 37.7 Å². The molecule has 6 nitrogen and oxygen atoms in total. The number of benzene rings is 2. The van der Waals surface area contributed by atoms with Crippen molar-refractivity contribution in [3.8, 4) is 11.5 Å². The van der Waals surface area contributed by atoms with E-state index in [4.69, 9.17) is 9.47 Å². The Kier molecular flexibility index (Phi) is 7.50. The minimum atomic E-state index is -4.36. The lowest BCUT2D eigenvalue weighted by molar-refractivity contribution is -0.137. The molecule has 0 bridgehead atoms. The van der Waals surface area contributed by atoms with E-state index in [1.165, 1.54) is 24.1 Å². The summed E-state index contributed by atoms with van der Waals surface area (Å²) in [5.41, 5.74) is 0.680. The first-order valence-corrected chi connectivity index (χ1v) is 10.4. The van der Waals surface area contributed by atoms with Gasteiger partial charge in [-0.1, -0.05) is 18.2 Å². The van der Waals surface area contributed by atoms with Gasteiger partial charge < -0.3 is 19.3 Å². The third kappa shape index (κ3) is 5.85. The number of piperazine rings is 1. The van der Waals surface area contributed by atoms with Gasteiger partial charge in [-0.05, 0) is 36.2 Å². The predicted octanol–water partition coefficient (Wildman–Crippen LogP) is 4.14. The predicted molar refractivity (Wildman–Crippen MR) is 117 cm³/mol. The van der Waals surface area contributed by atoms with E-state index in [0.717, 1.165) is 24.6 Å². The second-order valence-electron chi connectivity index (χ2n) is 7.84. The van der Waals surface area contributed by atoms with E-state index in [-0.39, 0.29) is 5.69 Å². The molecule has 174 valence electrons. The molecule has 1 amide bonds. The quantitative estimate of drug-likeness (QED) is 0.661. The number of carbonyl (C=O) groups is 1. The third-order valence-electron chi connectivity index (χ3n) is 5.43. The van der Waals surface area contributed by atoms with Gasteiger partial charge in [0.25, 0.3) is 0 Å². The van der Waals surface area contributed by atoms with Crippen molar-refractivity contribution in [1.29, 1.82) is 0 Å². The Morgan fingerprint density at radius 1 is 1.03 bits per heavy atom. The number of anilines is 1. The zero-order valence-corrected chi connectivity index (χ0v) is 18.5. The highest BCUT2D eigenvalue weighted by Gasteiger charge is 2.35. The topological polar surface area (TPSA) is 45.3 Å². The Morgan fingerprint density at radius 3 is 2.34 bits per heavy atom. The van der Waals surface area contributed by atoms with Crippen molar-refractivity contribution >= 4 is 11.8 Å². The van der Waals surface area contributed by atoms with Gasteiger partial charge in [-0.2, -0.15) is 13.2 Å². The van der Waals surface area contributed by atoms with E-state index in [1.54, 1.807) is 31.1 Å². The van der Waals surface area contributed by atoms with Crippen molar-refractivity contribution in [2.24, 2.45) is 0 Å². The zero-order valence-electron chi connectivity index (χ0n) is 18.5. The fraction of sp³-hybridized carbons (Fsp3) is 0.435. The van der Waals surface area contributed by atoms with Crippen LogP contribution >= 0.6 is 0 Å². The van der Waals surface area contributed by atoms with Crippen LogP contribution in [-0.4, -0.2) is 69.8 Å². The number of amides is 1. The highest BCUT2D eigenvalue weighted by atomic mass is 19.4. The van der Waals surface area contributed by atoms with E-state index in [1.807, 2.05) is 12.1 Å². The van der Waals surface area contributed by atoms with Gasteiger partial charge in [0, 0.05) is 52.5 Å². The Balaban J connectivity index is 1.56. The van der Waals surface area contributed by atoms with Crippen LogP contribution in [-0.2, 0) is 12.6 Å². The van der Waals surface area contributed by atoms with Gasteiger partial charge >= 0.3 is 12.3 Å². The number of methoxy groups -OCH3 is 1. The fourth-order valence-corrected chi connectivity index (χ4v) is 3.63. The van der Waals surface area contributed by atoms with E-state index < -0.39 is 17.8 Å². The molecule has 0 unspecified atom stereocenters. The third-order valence-corrected chi connectivity index (χ3v) is 5.43.